The van der Waals surface area contributed by atoms with Gasteiger partial charge in [-0.1, -0.05) is 6.92 Å². The van der Waals surface area contributed by atoms with Crippen LogP contribution in [-0.4, -0.2) is 28.8 Å². The van der Waals surface area contributed by atoms with E-state index in [4.69, 9.17) is 0 Å². The molecular weight excluding hydrogens is 324 g/mol. The molecule has 0 bridgehead atoms. The Bertz CT molecular complexity index is 540. The van der Waals surface area contributed by atoms with Crippen molar-refractivity contribution in [1.29, 1.82) is 0 Å². The second kappa shape index (κ2) is 6.88. The van der Waals surface area contributed by atoms with E-state index in [2.05, 4.69) is 31.7 Å². The number of aryl methyl sites for hydroxylation is 1. The van der Waals surface area contributed by atoms with Crippen molar-refractivity contribution < 1.29 is 4.79 Å². The lowest BCUT2D eigenvalue weighted by Gasteiger charge is -2.10. The van der Waals surface area contributed by atoms with E-state index in [1.165, 1.54) is 4.68 Å². The summed E-state index contributed by atoms with van der Waals surface area (Å²) in [5.74, 6) is 0.351. The van der Waals surface area contributed by atoms with Crippen molar-refractivity contribution in [1.82, 2.24) is 15.1 Å². The Balaban J connectivity index is 1.84. The highest BCUT2D eigenvalue weighted by atomic mass is 79.9. The predicted molar refractivity (Wildman–Crippen MR) is 80.7 cm³/mol. The molecule has 2 N–H and O–H groups in total. The van der Waals surface area contributed by atoms with Crippen molar-refractivity contribution in [2.24, 2.45) is 5.92 Å². The molecule has 110 valence electrons. The zero-order valence-electron chi connectivity index (χ0n) is 11.5. The van der Waals surface area contributed by atoms with Crippen molar-refractivity contribution in [3.05, 3.63) is 21.0 Å². The summed E-state index contributed by atoms with van der Waals surface area (Å²) in [6.45, 7) is 3.71. The Kier molecular flexibility index (Phi) is 5.17. The van der Waals surface area contributed by atoms with Crippen molar-refractivity contribution in [2.45, 2.75) is 32.7 Å². The van der Waals surface area contributed by atoms with Crippen molar-refractivity contribution in [3.8, 4) is 0 Å². The van der Waals surface area contributed by atoms with Crippen molar-refractivity contribution in [2.75, 3.05) is 18.4 Å². The Morgan fingerprint density at radius 2 is 2.25 bits per heavy atom. The number of nitrogens with zero attached hydrogens (tertiary/aromatic N) is 2. The molecule has 1 aromatic heterocycles. The maximum absolute atomic E-state index is 12.0. The molecule has 6 nitrogen and oxygen atoms in total. The lowest BCUT2D eigenvalue weighted by atomic mass is 10.4. The van der Waals surface area contributed by atoms with Crippen LogP contribution in [0.2, 0.25) is 0 Å². The van der Waals surface area contributed by atoms with Gasteiger partial charge in [0.25, 0.3) is 5.56 Å². The molecule has 20 heavy (non-hydrogen) atoms. The zero-order chi connectivity index (χ0) is 14.5. The first kappa shape index (κ1) is 15.0. The summed E-state index contributed by atoms with van der Waals surface area (Å²) in [7, 11) is 0. The quantitative estimate of drug-likeness (QED) is 0.733. The average Bonchev–Trinajstić information content (AvgIpc) is 3.26. The fraction of sp³-hybridized carbons (Fsp3) is 0.615. The zero-order valence-corrected chi connectivity index (χ0v) is 13.1. The molecule has 0 saturated heterocycles. The lowest BCUT2D eigenvalue weighted by molar-refractivity contribution is -0.122. The summed E-state index contributed by atoms with van der Waals surface area (Å²) in [6.07, 6.45) is 4.50. The molecule has 1 heterocycles. The Morgan fingerprint density at radius 3 is 2.90 bits per heavy atom. The highest BCUT2D eigenvalue weighted by molar-refractivity contribution is 9.10. The van der Waals surface area contributed by atoms with Crippen LogP contribution < -0.4 is 16.2 Å². The van der Waals surface area contributed by atoms with Gasteiger partial charge in [0, 0.05) is 25.6 Å². The Hall–Kier alpha value is -1.37. The average molecular weight is 343 g/mol. The van der Waals surface area contributed by atoms with Gasteiger partial charge in [0.05, 0.1) is 11.9 Å². The number of carbonyl (C=O) groups is 1. The standard InChI is InChI=1S/C13H19BrN4O2/c1-2-7-18-13(20)11(14)10(8-17-18)15-5-6-16-12(19)9-3-4-9/h8-9,15H,2-7H2,1H3,(H,16,19). The normalized spacial score (nSPS) is 14.1. The molecule has 0 aromatic carbocycles. The van der Waals surface area contributed by atoms with Gasteiger partial charge in [0.2, 0.25) is 5.91 Å². The topological polar surface area (TPSA) is 76.0 Å². The summed E-state index contributed by atoms with van der Waals surface area (Å²) >= 11 is 3.29. The smallest absolute Gasteiger partial charge is 0.283 e. The maximum atomic E-state index is 12.0. The van der Waals surface area contributed by atoms with Crippen LogP contribution >= 0.6 is 15.9 Å². The van der Waals surface area contributed by atoms with Gasteiger partial charge in [-0.15, -0.1) is 0 Å². The van der Waals surface area contributed by atoms with Gasteiger partial charge in [-0.2, -0.15) is 5.10 Å². The van der Waals surface area contributed by atoms with Gasteiger partial charge in [-0.3, -0.25) is 9.59 Å². The van der Waals surface area contributed by atoms with Gasteiger partial charge in [-0.05, 0) is 35.2 Å². The molecule has 0 spiro atoms. The molecule has 0 radical (unpaired) electrons. The maximum Gasteiger partial charge on any atom is 0.283 e. The first-order valence-electron chi connectivity index (χ1n) is 6.90. The molecule has 0 unspecified atom stereocenters. The van der Waals surface area contributed by atoms with Crippen molar-refractivity contribution >= 4 is 27.5 Å². The van der Waals surface area contributed by atoms with E-state index >= 15 is 0 Å². The molecule has 0 atom stereocenters. The molecule has 1 saturated carbocycles. The molecule has 1 fully saturated rings. The van der Waals surface area contributed by atoms with Crippen LogP contribution in [0, 0.1) is 5.92 Å². The number of rotatable bonds is 7. The van der Waals surface area contributed by atoms with E-state index < -0.39 is 0 Å². The van der Waals surface area contributed by atoms with Gasteiger partial charge in [0.1, 0.15) is 4.47 Å². The number of hydrogen-bond donors (Lipinski definition) is 2. The largest absolute Gasteiger partial charge is 0.381 e. The van der Waals surface area contributed by atoms with Gasteiger partial charge >= 0.3 is 0 Å². The second-order valence-corrected chi connectivity index (χ2v) is 5.69. The van der Waals surface area contributed by atoms with E-state index in [9.17, 15) is 9.59 Å². The van der Waals surface area contributed by atoms with Crippen LogP contribution in [0.15, 0.2) is 15.5 Å². The third-order valence-electron chi connectivity index (χ3n) is 3.11. The summed E-state index contributed by atoms with van der Waals surface area (Å²) < 4.78 is 1.92. The summed E-state index contributed by atoms with van der Waals surface area (Å²) in [5.41, 5.74) is 0.516. The third-order valence-corrected chi connectivity index (χ3v) is 3.87. The second-order valence-electron chi connectivity index (χ2n) is 4.89. The Morgan fingerprint density at radius 1 is 1.50 bits per heavy atom. The van der Waals surface area contributed by atoms with Crippen LogP contribution in [0.1, 0.15) is 26.2 Å². The Labute approximate surface area is 126 Å². The van der Waals surface area contributed by atoms with Crippen LogP contribution in [0.3, 0.4) is 0 Å². The van der Waals surface area contributed by atoms with E-state index in [-0.39, 0.29) is 17.4 Å². The monoisotopic (exact) mass is 342 g/mol. The number of halogens is 1. The molecule has 7 heteroatoms. The van der Waals surface area contributed by atoms with Gasteiger partial charge < -0.3 is 10.6 Å². The van der Waals surface area contributed by atoms with Crippen LogP contribution in [0.4, 0.5) is 5.69 Å². The van der Waals surface area contributed by atoms with Gasteiger partial charge in [-0.25, -0.2) is 4.68 Å². The number of hydrogen-bond acceptors (Lipinski definition) is 4. The van der Waals surface area contributed by atoms with Gasteiger partial charge in [0.15, 0.2) is 0 Å². The fourth-order valence-corrected chi connectivity index (χ4v) is 2.28. The first-order valence-corrected chi connectivity index (χ1v) is 7.70. The minimum atomic E-state index is -0.140. The van der Waals surface area contributed by atoms with Crippen molar-refractivity contribution in [3.63, 3.8) is 0 Å². The number of amides is 1. The molecular formula is C13H19BrN4O2. The first-order chi connectivity index (χ1) is 9.63. The molecule has 1 aliphatic carbocycles. The van der Waals surface area contributed by atoms with E-state index in [1.54, 1.807) is 6.20 Å². The predicted octanol–water partition coefficient (Wildman–Crippen LogP) is 1.35. The molecule has 1 aliphatic rings. The minimum absolute atomic E-state index is 0.127. The van der Waals surface area contributed by atoms with Crippen LogP contribution in [0.5, 0.6) is 0 Å². The highest BCUT2D eigenvalue weighted by Crippen LogP contribution is 2.28. The molecule has 1 aromatic rings. The highest BCUT2D eigenvalue weighted by Gasteiger charge is 2.28. The molecule has 1 amide bonds. The SMILES string of the molecule is CCCn1ncc(NCCNC(=O)C2CC2)c(Br)c1=O. The number of nitrogens with one attached hydrogen (secondary N) is 2. The third kappa shape index (κ3) is 3.82. The van der Waals surface area contributed by atoms with Crippen LogP contribution in [-0.2, 0) is 11.3 Å². The summed E-state index contributed by atoms with van der Waals surface area (Å²) in [6, 6.07) is 0. The van der Waals surface area contributed by atoms with E-state index in [1.807, 2.05) is 6.92 Å². The lowest BCUT2D eigenvalue weighted by Crippen LogP contribution is -2.30. The van der Waals surface area contributed by atoms with E-state index in [0.717, 1.165) is 19.3 Å². The van der Waals surface area contributed by atoms with E-state index in [0.29, 0.717) is 29.8 Å². The van der Waals surface area contributed by atoms with Crippen LogP contribution in [0.25, 0.3) is 0 Å². The minimum Gasteiger partial charge on any atom is -0.381 e. The summed E-state index contributed by atoms with van der Waals surface area (Å²) in [4.78, 5) is 23.4. The fourth-order valence-electron chi connectivity index (χ4n) is 1.83. The number of carbonyl (C=O) groups excluding carboxylic acids is 1. The summed E-state index contributed by atoms with van der Waals surface area (Å²) in [5, 5.41) is 10.1. The molecule has 2 rings (SSSR count). The number of anilines is 1. The number of aromatic nitrogens is 2. The molecule has 0 aliphatic heterocycles.